The third-order valence-electron chi connectivity index (χ3n) is 2.55. The van der Waals surface area contributed by atoms with Crippen LogP contribution in [0.2, 0.25) is 0 Å². The monoisotopic (exact) mass is 277 g/mol. The van der Waals surface area contributed by atoms with Crippen molar-refractivity contribution in [3.63, 3.8) is 0 Å². The van der Waals surface area contributed by atoms with Crippen LogP contribution in [-0.2, 0) is 9.53 Å². The summed E-state index contributed by atoms with van der Waals surface area (Å²) in [4.78, 5) is 12.7. The van der Waals surface area contributed by atoms with E-state index in [1.807, 2.05) is 23.6 Å². The molecule has 0 aromatic carbocycles. The largest absolute Gasteiger partial charge is 0.467 e. The van der Waals surface area contributed by atoms with Crippen LogP contribution in [0.25, 0.3) is 6.08 Å². The highest BCUT2D eigenvalue weighted by Crippen LogP contribution is 2.15. The molecule has 0 aliphatic carbocycles. The van der Waals surface area contributed by atoms with Crippen molar-refractivity contribution in [3.8, 4) is 0 Å². The van der Waals surface area contributed by atoms with E-state index in [2.05, 4.69) is 5.32 Å². The molecule has 19 heavy (non-hydrogen) atoms. The zero-order chi connectivity index (χ0) is 13.5. The SMILES string of the molecule is CO[C@@H](CNC(=O)/C=C/c1cccs1)c1ccco1. The van der Waals surface area contributed by atoms with E-state index in [9.17, 15) is 4.79 Å². The molecule has 100 valence electrons. The van der Waals surface area contributed by atoms with Gasteiger partial charge < -0.3 is 14.5 Å². The summed E-state index contributed by atoms with van der Waals surface area (Å²) in [5.41, 5.74) is 0. The average molecular weight is 277 g/mol. The van der Waals surface area contributed by atoms with Gasteiger partial charge in [-0.2, -0.15) is 0 Å². The van der Waals surface area contributed by atoms with Crippen molar-refractivity contribution in [2.45, 2.75) is 6.10 Å². The van der Waals surface area contributed by atoms with Gasteiger partial charge in [-0.05, 0) is 29.7 Å². The van der Waals surface area contributed by atoms with Crippen molar-refractivity contribution < 1.29 is 13.9 Å². The van der Waals surface area contributed by atoms with E-state index < -0.39 is 0 Å². The van der Waals surface area contributed by atoms with Crippen LogP contribution in [-0.4, -0.2) is 19.6 Å². The number of furan rings is 1. The van der Waals surface area contributed by atoms with E-state index in [4.69, 9.17) is 9.15 Å². The fourth-order valence-electron chi connectivity index (χ4n) is 1.57. The van der Waals surface area contributed by atoms with Crippen LogP contribution in [0.4, 0.5) is 0 Å². The average Bonchev–Trinajstić information content (AvgIpc) is 3.10. The van der Waals surface area contributed by atoms with Crippen LogP contribution in [0, 0.1) is 0 Å². The third kappa shape index (κ3) is 4.08. The normalized spacial score (nSPS) is 12.7. The molecule has 2 heterocycles. The molecule has 0 radical (unpaired) electrons. The minimum atomic E-state index is -0.269. The van der Waals surface area contributed by atoms with Crippen molar-refractivity contribution >= 4 is 23.3 Å². The maximum atomic E-state index is 11.6. The van der Waals surface area contributed by atoms with Crippen LogP contribution in [0.1, 0.15) is 16.7 Å². The van der Waals surface area contributed by atoms with Gasteiger partial charge >= 0.3 is 0 Å². The lowest BCUT2D eigenvalue weighted by Crippen LogP contribution is -2.27. The first-order valence-electron chi connectivity index (χ1n) is 5.85. The summed E-state index contributed by atoms with van der Waals surface area (Å²) < 4.78 is 10.5. The molecule has 4 nitrogen and oxygen atoms in total. The molecule has 0 aliphatic heterocycles. The smallest absolute Gasteiger partial charge is 0.244 e. The number of thiophene rings is 1. The summed E-state index contributed by atoms with van der Waals surface area (Å²) in [6.45, 7) is 0.373. The zero-order valence-corrected chi connectivity index (χ0v) is 11.4. The number of hydrogen-bond donors (Lipinski definition) is 1. The van der Waals surface area contributed by atoms with Gasteiger partial charge in [0.15, 0.2) is 0 Å². The van der Waals surface area contributed by atoms with Gasteiger partial charge in [-0.15, -0.1) is 11.3 Å². The second kappa shape index (κ2) is 6.92. The Bertz CT molecular complexity index is 517. The first-order valence-corrected chi connectivity index (χ1v) is 6.73. The summed E-state index contributed by atoms with van der Waals surface area (Å²) in [5, 5.41) is 4.75. The fraction of sp³-hybridized carbons (Fsp3) is 0.214. The predicted octanol–water partition coefficient (Wildman–Crippen LogP) is 2.86. The van der Waals surface area contributed by atoms with Gasteiger partial charge in [-0.3, -0.25) is 4.79 Å². The Kier molecular flexibility index (Phi) is 4.94. The maximum Gasteiger partial charge on any atom is 0.244 e. The van der Waals surface area contributed by atoms with E-state index >= 15 is 0 Å². The van der Waals surface area contributed by atoms with Crippen LogP contribution in [0.5, 0.6) is 0 Å². The minimum absolute atomic E-state index is 0.151. The molecule has 1 atom stereocenters. The second-order valence-electron chi connectivity index (χ2n) is 3.83. The summed E-state index contributed by atoms with van der Waals surface area (Å²) in [6, 6.07) is 7.51. The summed E-state index contributed by atoms with van der Waals surface area (Å²) in [6.07, 6.45) is 4.61. The lowest BCUT2D eigenvalue weighted by atomic mass is 10.2. The highest BCUT2D eigenvalue weighted by molar-refractivity contribution is 7.10. The fourth-order valence-corrected chi connectivity index (χ4v) is 2.19. The molecule has 0 bridgehead atoms. The molecule has 0 saturated carbocycles. The predicted molar refractivity (Wildman–Crippen MR) is 74.8 cm³/mol. The Balaban J connectivity index is 1.82. The molecular weight excluding hydrogens is 262 g/mol. The first-order chi connectivity index (χ1) is 9.29. The van der Waals surface area contributed by atoms with Gasteiger partial charge in [0.1, 0.15) is 11.9 Å². The number of nitrogens with one attached hydrogen (secondary N) is 1. The summed E-state index contributed by atoms with van der Waals surface area (Å²) >= 11 is 1.59. The lowest BCUT2D eigenvalue weighted by molar-refractivity contribution is -0.117. The van der Waals surface area contributed by atoms with E-state index in [1.165, 1.54) is 6.08 Å². The second-order valence-corrected chi connectivity index (χ2v) is 4.81. The summed E-state index contributed by atoms with van der Waals surface area (Å²) in [5.74, 6) is 0.548. The van der Waals surface area contributed by atoms with Gasteiger partial charge in [-0.1, -0.05) is 6.07 Å². The Hall–Kier alpha value is -1.85. The van der Waals surface area contributed by atoms with Crippen molar-refractivity contribution in [2.75, 3.05) is 13.7 Å². The molecule has 0 spiro atoms. The Morgan fingerprint density at radius 1 is 1.53 bits per heavy atom. The van der Waals surface area contributed by atoms with Crippen LogP contribution in [0.15, 0.2) is 46.4 Å². The number of carbonyl (C=O) groups excluding carboxylic acids is 1. The number of ether oxygens (including phenoxy) is 1. The molecule has 0 saturated heterocycles. The molecule has 2 aromatic rings. The van der Waals surface area contributed by atoms with E-state index in [0.717, 1.165) is 4.88 Å². The topological polar surface area (TPSA) is 51.5 Å². The quantitative estimate of drug-likeness (QED) is 0.826. The van der Waals surface area contributed by atoms with E-state index in [1.54, 1.807) is 36.9 Å². The van der Waals surface area contributed by atoms with Crippen LogP contribution < -0.4 is 5.32 Å². The van der Waals surface area contributed by atoms with Gasteiger partial charge in [0.05, 0.1) is 12.8 Å². The molecule has 0 fully saturated rings. The van der Waals surface area contributed by atoms with Crippen molar-refractivity contribution in [2.24, 2.45) is 0 Å². The van der Waals surface area contributed by atoms with Crippen molar-refractivity contribution in [3.05, 3.63) is 52.6 Å². The van der Waals surface area contributed by atoms with Crippen molar-refractivity contribution in [1.29, 1.82) is 0 Å². The van der Waals surface area contributed by atoms with Gasteiger partial charge in [0, 0.05) is 18.1 Å². The van der Waals surface area contributed by atoms with E-state index in [-0.39, 0.29) is 12.0 Å². The highest BCUT2D eigenvalue weighted by Gasteiger charge is 2.13. The minimum Gasteiger partial charge on any atom is -0.467 e. The Morgan fingerprint density at radius 2 is 2.42 bits per heavy atom. The molecule has 2 rings (SSSR count). The third-order valence-corrected chi connectivity index (χ3v) is 3.39. The number of amides is 1. The van der Waals surface area contributed by atoms with Gasteiger partial charge in [0.25, 0.3) is 0 Å². The molecule has 2 aromatic heterocycles. The molecule has 5 heteroatoms. The number of methoxy groups -OCH3 is 1. The standard InChI is InChI=1S/C14H15NO3S/c1-17-13(12-5-2-8-18-12)10-15-14(16)7-6-11-4-3-9-19-11/h2-9,13H,10H2,1H3,(H,15,16)/b7-6+/t13-/m0/s1. The van der Waals surface area contributed by atoms with Gasteiger partial charge in [0.2, 0.25) is 5.91 Å². The Labute approximate surface area is 115 Å². The number of carbonyl (C=O) groups is 1. The zero-order valence-electron chi connectivity index (χ0n) is 10.5. The van der Waals surface area contributed by atoms with Crippen LogP contribution in [0.3, 0.4) is 0 Å². The maximum absolute atomic E-state index is 11.6. The molecule has 1 N–H and O–H groups in total. The van der Waals surface area contributed by atoms with Gasteiger partial charge in [-0.25, -0.2) is 0 Å². The molecule has 0 aliphatic rings. The first kappa shape index (κ1) is 13.6. The summed E-state index contributed by atoms with van der Waals surface area (Å²) in [7, 11) is 1.58. The molecule has 0 unspecified atom stereocenters. The molecule has 1 amide bonds. The number of rotatable bonds is 6. The number of hydrogen-bond acceptors (Lipinski definition) is 4. The molecular formula is C14H15NO3S. The van der Waals surface area contributed by atoms with E-state index in [0.29, 0.717) is 12.3 Å². The van der Waals surface area contributed by atoms with Crippen molar-refractivity contribution in [1.82, 2.24) is 5.32 Å². The van der Waals surface area contributed by atoms with Crippen LogP contribution >= 0.6 is 11.3 Å². The highest BCUT2D eigenvalue weighted by atomic mass is 32.1. The Morgan fingerprint density at radius 3 is 3.05 bits per heavy atom. The lowest BCUT2D eigenvalue weighted by Gasteiger charge is -2.12.